The summed E-state index contributed by atoms with van der Waals surface area (Å²) in [6.45, 7) is 0.756. The number of rotatable bonds is 5. The van der Waals surface area contributed by atoms with E-state index < -0.39 is 0 Å². The van der Waals surface area contributed by atoms with Gasteiger partial charge in [0, 0.05) is 6.54 Å². The number of hydrogen-bond donors (Lipinski definition) is 0. The molecule has 0 aromatic heterocycles. The fourth-order valence-corrected chi connectivity index (χ4v) is 3.85. The molecule has 2 aromatic carbocycles. The zero-order valence-electron chi connectivity index (χ0n) is 12.6. The third kappa shape index (κ3) is 3.28. The maximum Gasteiger partial charge on any atom is 0.233 e. The molecule has 3 rings (SSSR count). The van der Waals surface area contributed by atoms with E-state index in [1.54, 1.807) is 18.9 Å². The van der Waals surface area contributed by atoms with Gasteiger partial charge in [0.2, 0.25) is 5.91 Å². The topological polar surface area (TPSA) is 29.5 Å². The average molecular weight is 313 g/mol. The maximum absolute atomic E-state index is 12.2. The molecule has 1 fully saturated rings. The molecular formula is C18H19NO2S. The summed E-state index contributed by atoms with van der Waals surface area (Å²) in [5.41, 5.74) is 2.42. The van der Waals surface area contributed by atoms with Crippen LogP contribution in [0.1, 0.15) is 16.5 Å². The molecule has 0 aliphatic carbocycles. The second kappa shape index (κ2) is 6.88. The van der Waals surface area contributed by atoms with E-state index in [-0.39, 0.29) is 11.3 Å². The van der Waals surface area contributed by atoms with Gasteiger partial charge in [-0.05, 0) is 29.7 Å². The molecule has 2 aromatic rings. The van der Waals surface area contributed by atoms with Gasteiger partial charge in [0.25, 0.3) is 0 Å². The van der Waals surface area contributed by atoms with Crippen molar-refractivity contribution in [1.82, 2.24) is 4.90 Å². The van der Waals surface area contributed by atoms with Crippen molar-refractivity contribution in [2.24, 2.45) is 0 Å². The summed E-state index contributed by atoms with van der Waals surface area (Å²) in [7, 11) is 1.66. The van der Waals surface area contributed by atoms with Gasteiger partial charge >= 0.3 is 0 Å². The predicted octanol–water partition coefficient (Wildman–Crippen LogP) is 3.51. The molecular weight excluding hydrogens is 294 g/mol. The highest BCUT2D eigenvalue weighted by molar-refractivity contribution is 8.00. The Morgan fingerprint density at radius 1 is 1.14 bits per heavy atom. The number of carbonyl (C=O) groups excluding carboxylic acids is 1. The van der Waals surface area contributed by atoms with Crippen molar-refractivity contribution >= 4 is 17.7 Å². The number of thioether (sulfide) groups is 1. The van der Waals surface area contributed by atoms with E-state index >= 15 is 0 Å². The van der Waals surface area contributed by atoms with Gasteiger partial charge in [-0.15, -0.1) is 11.8 Å². The lowest BCUT2D eigenvalue weighted by Crippen LogP contribution is -2.30. The van der Waals surface area contributed by atoms with E-state index in [9.17, 15) is 4.79 Å². The fraction of sp³-hybridized carbons (Fsp3) is 0.278. The Kier molecular flexibility index (Phi) is 4.68. The number of benzene rings is 2. The highest BCUT2D eigenvalue weighted by Crippen LogP contribution is 2.39. The number of ether oxygens (including phenoxy) is 1. The zero-order chi connectivity index (χ0) is 15.4. The molecule has 0 unspecified atom stereocenters. The van der Waals surface area contributed by atoms with Gasteiger partial charge in [-0.1, -0.05) is 42.5 Å². The maximum atomic E-state index is 12.2. The molecule has 1 amide bonds. The molecule has 1 atom stereocenters. The van der Waals surface area contributed by atoms with Crippen molar-refractivity contribution in [3.63, 3.8) is 0 Å². The first kappa shape index (κ1) is 15.0. The Balaban J connectivity index is 1.71. The smallest absolute Gasteiger partial charge is 0.233 e. The lowest BCUT2D eigenvalue weighted by molar-refractivity contribution is -0.128. The second-order valence-electron chi connectivity index (χ2n) is 5.26. The van der Waals surface area contributed by atoms with Crippen LogP contribution in [0.2, 0.25) is 0 Å². The molecule has 1 saturated heterocycles. The van der Waals surface area contributed by atoms with E-state index in [0.717, 1.165) is 24.3 Å². The molecule has 0 bridgehead atoms. The van der Waals surface area contributed by atoms with Crippen LogP contribution in [-0.2, 0) is 11.2 Å². The van der Waals surface area contributed by atoms with Gasteiger partial charge in [-0.25, -0.2) is 0 Å². The zero-order valence-corrected chi connectivity index (χ0v) is 13.4. The minimum atomic E-state index is 0.113. The number of amides is 1. The first-order valence-corrected chi connectivity index (χ1v) is 8.42. The van der Waals surface area contributed by atoms with Gasteiger partial charge in [-0.2, -0.15) is 0 Å². The Morgan fingerprint density at radius 3 is 2.55 bits per heavy atom. The Labute approximate surface area is 135 Å². The minimum Gasteiger partial charge on any atom is -0.497 e. The minimum absolute atomic E-state index is 0.113. The molecule has 1 aliphatic rings. The third-order valence-electron chi connectivity index (χ3n) is 3.85. The summed E-state index contributed by atoms with van der Waals surface area (Å²) in [6, 6.07) is 18.3. The lowest BCUT2D eigenvalue weighted by atomic mass is 10.1. The highest BCUT2D eigenvalue weighted by atomic mass is 32.2. The largest absolute Gasteiger partial charge is 0.497 e. The van der Waals surface area contributed by atoms with E-state index in [4.69, 9.17) is 4.74 Å². The van der Waals surface area contributed by atoms with E-state index in [2.05, 4.69) is 12.1 Å². The van der Waals surface area contributed by atoms with Crippen LogP contribution in [0.25, 0.3) is 0 Å². The van der Waals surface area contributed by atoms with Gasteiger partial charge in [0.1, 0.15) is 11.1 Å². The number of carbonyl (C=O) groups is 1. The number of methoxy groups -OCH3 is 1. The molecule has 0 N–H and O–H groups in total. The molecule has 1 aliphatic heterocycles. The van der Waals surface area contributed by atoms with Crippen molar-refractivity contribution in [2.75, 3.05) is 19.4 Å². The quantitative estimate of drug-likeness (QED) is 0.846. The molecule has 4 heteroatoms. The van der Waals surface area contributed by atoms with Crippen molar-refractivity contribution < 1.29 is 9.53 Å². The van der Waals surface area contributed by atoms with Gasteiger partial charge < -0.3 is 9.64 Å². The summed E-state index contributed by atoms with van der Waals surface area (Å²) in [4.78, 5) is 14.2. The van der Waals surface area contributed by atoms with Crippen molar-refractivity contribution in [3.8, 4) is 5.75 Å². The SMILES string of the molecule is COc1ccc([C@H]2SCC(=O)N2CCc2ccccc2)cc1. The van der Waals surface area contributed by atoms with Gasteiger partial charge in [0.05, 0.1) is 12.9 Å². The number of nitrogens with zero attached hydrogens (tertiary/aromatic N) is 1. The second-order valence-corrected chi connectivity index (χ2v) is 6.33. The summed E-state index contributed by atoms with van der Waals surface area (Å²) in [6.07, 6.45) is 0.889. The van der Waals surface area contributed by atoms with Crippen molar-refractivity contribution in [3.05, 3.63) is 65.7 Å². The summed E-state index contributed by atoms with van der Waals surface area (Å²) in [5, 5.41) is 0.113. The van der Waals surface area contributed by atoms with Crippen LogP contribution in [0.3, 0.4) is 0 Å². The molecule has 1 heterocycles. The van der Waals surface area contributed by atoms with Gasteiger partial charge in [0.15, 0.2) is 0 Å². The summed E-state index contributed by atoms with van der Waals surface area (Å²) >= 11 is 1.70. The Morgan fingerprint density at radius 2 is 1.86 bits per heavy atom. The molecule has 3 nitrogen and oxygen atoms in total. The third-order valence-corrected chi connectivity index (χ3v) is 5.11. The van der Waals surface area contributed by atoms with Crippen LogP contribution in [0.15, 0.2) is 54.6 Å². The summed E-state index contributed by atoms with van der Waals surface area (Å²) in [5.74, 6) is 1.63. The van der Waals surface area contributed by atoms with Crippen LogP contribution in [0.4, 0.5) is 0 Å². The standard InChI is InChI=1S/C18H19NO2S/c1-21-16-9-7-15(8-10-16)18-19(17(20)13-22-18)12-11-14-5-3-2-4-6-14/h2-10,18H,11-13H2,1H3/t18-/m1/s1. The normalized spacial score (nSPS) is 17.8. The molecule has 22 heavy (non-hydrogen) atoms. The highest BCUT2D eigenvalue weighted by Gasteiger charge is 2.32. The Bertz CT molecular complexity index is 627. The Hall–Kier alpha value is -1.94. The molecule has 0 saturated carbocycles. The first-order chi connectivity index (χ1) is 10.8. The van der Waals surface area contributed by atoms with E-state index in [1.807, 2.05) is 47.4 Å². The lowest BCUT2D eigenvalue weighted by Gasteiger charge is -2.24. The van der Waals surface area contributed by atoms with Crippen LogP contribution in [0, 0.1) is 0 Å². The van der Waals surface area contributed by atoms with E-state index in [1.165, 1.54) is 5.56 Å². The van der Waals surface area contributed by atoms with Gasteiger partial charge in [-0.3, -0.25) is 4.79 Å². The van der Waals surface area contributed by atoms with Crippen LogP contribution >= 0.6 is 11.8 Å². The van der Waals surface area contributed by atoms with Crippen molar-refractivity contribution in [2.45, 2.75) is 11.8 Å². The predicted molar refractivity (Wildman–Crippen MR) is 90.1 cm³/mol. The fourth-order valence-electron chi connectivity index (χ4n) is 2.63. The first-order valence-electron chi connectivity index (χ1n) is 7.37. The average Bonchev–Trinajstić information content (AvgIpc) is 2.95. The molecule has 0 spiro atoms. The van der Waals surface area contributed by atoms with Crippen LogP contribution in [0.5, 0.6) is 5.75 Å². The monoisotopic (exact) mass is 313 g/mol. The van der Waals surface area contributed by atoms with E-state index in [0.29, 0.717) is 5.75 Å². The van der Waals surface area contributed by atoms with Crippen LogP contribution < -0.4 is 4.74 Å². The number of hydrogen-bond acceptors (Lipinski definition) is 3. The molecule has 0 radical (unpaired) electrons. The summed E-state index contributed by atoms with van der Waals surface area (Å²) < 4.78 is 5.20. The molecule has 114 valence electrons. The van der Waals surface area contributed by atoms with Crippen LogP contribution in [-0.4, -0.2) is 30.2 Å². The van der Waals surface area contributed by atoms with Crippen molar-refractivity contribution in [1.29, 1.82) is 0 Å².